The second-order valence-corrected chi connectivity index (χ2v) is 9.27. The smallest absolute Gasteiger partial charge is 0.257 e. The van der Waals surface area contributed by atoms with Crippen LogP contribution < -0.4 is 20.3 Å². The zero-order valence-electron chi connectivity index (χ0n) is 20.1. The van der Waals surface area contributed by atoms with Crippen molar-refractivity contribution >= 4 is 52.1 Å². The number of ether oxygens (including phenoxy) is 1. The van der Waals surface area contributed by atoms with Gasteiger partial charge in [-0.25, -0.2) is 0 Å². The molecule has 3 aromatic carbocycles. The molecule has 1 aliphatic heterocycles. The highest BCUT2D eigenvalue weighted by Gasteiger charge is 2.22. The number of hydrogen-bond donors (Lipinski definition) is 2. The van der Waals surface area contributed by atoms with E-state index in [4.69, 9.17) is 28.6 Å². The molecule has 1 aliphatic rings. The summed E-state index contributed by atoms with van der Waals surface area (Å²) in [7, 11) is 1.51. The second-order valence-electron chi connectivity index (χ2n) is 8.45. The van der Waals surface area contributed by atoms with E-state index >= 15 is 0 Å². The summed E-state index contributed by atoms with van der Waals surface area (Å²) in [6.45, 7) is 4.85. The number of carbonyl (C=O) groups is 2. The fraction of sp³-hybridized carbons (Fsp3) is 0.222. The summed E-state index contributed by atoms with van der Waals surface area (Å²) in [5.74, 6) is 0.196. The SMILES string of the molecule is COc1ccc(C(=O)NC(=S)Nc2ccc(N3CCN(C(=O)c4ccc(C)cc4)CC3)cc2)cc1Cl. The highest BCUT2D eigenvalue weighted by Crippen LogP contribution is 2.25. The number of thiocarbonyl (C=S) groups is 1. The third-order valence-corrected chi connectivity index (χ3v) is 6.50. The number of aryl methyl sites for hydroxylation is 1. The first-order chi connectivity index (χ1) is 17.3. The quantitative estimate of drug-likeness (QED) is 0.471. The van der Waals surface area contributed by atoms with Crippen LogP contribution in [-0.4, -0.2) is 55.1 Å². The lowest BCUT2D eigenvalue weighted by atomic mass is 10.1. The molecule has 1 saturated heterocycles. The van der Waals surface area contributed by atoms with Crippen molar-refractivity contribution in [2.75, 3.05) is 43.5 Å². The van der Waals surface area contributed by atoms with Gasteiger partial charge in [-0.2, -0.15) is 0 Å². The van der Waals surface area contributed by atoms with Crippen LogP contribution in [0.2, 0.25) is 5.02 Å². The minimum atomic E-state index is -0.369. The summed E-state index contributed by atoms with van der Waals surface area (Å²) in [5.41, 5.74) is 4.05. The minimum Gasteiger partial charge on any atom is -0.495 e. The first-order valence-corrected chi connectivity index (χ1v) is 12.3. The number of piperazine rings is 1. The number of halogens is 1. The molecule has 4 rings (SSSR count). The topological polar surface area (TPSA) is 73.9 Å². The first-order valence-electron chi connectivity index (χ1n) is 11.5. The lowest BCUT2D eigenvalue weighted by Crippen LogP contribution is -2.48. The number of rotatable bonds is 5. The molecule has 0 unspecified atom stereocenters. The average molecular weight is 523 g/mol. The van der Waals surface area contributed by atoms with Gasteiger partial charge in [-0.1, -0.05) is 29.3 Å². The molecule has 186 valence electrons. The summed E-state index contributed by atoms with van der Waals surface area (Å²) in [4.78, 5) is 29.4. The molecule has 3 aromatic rings. The summed E-state index contributed by atoms with van der Waals surface area (Å²) in [5, 5.41) is 6.21. The van der Waals surface area contributed by atoms with Crippen molar-refractivity contribution < 1.29 is 14.3 Å². The maximum atomic E-state index is 12.8. The summed E-state index contributed by atoms with van der Waals surface area (Å²) >= 11 is 11.4. The van der Waals surface area contributed by atoms with Gasteiger partial charge in [0, 0.05) is 48.7 Å². The molecule has 0 saturated carbocycles. The Morgan fingerprint density at radius 2 is 1.56 bits per heavy atom. The fourth-order valence-electron chi connectivity index (χ4n) is 3.95. The number of amides is 2. The Hall–Kier alpha value is -3.62. The molecule has 2 N–H and O–H groups in total. The molecule has 9 heteroatoms. The van der Waals surface area contributed by atoms with Crippen LogP contribution in [0.5, 0.6) is 5.75 Å². The van der Waals surface area contributed by atoms with Gasteiger partial charge in [0.2, 0.25) is 0 Å². The molecule has 0 radical (unpaired) electrons. The predicted octanol–water partition coefficient (Wildman–Crippen LogP) is 4.75. The van der Waals surface area contributed by atoms with E-state index in [2.05, 4.69) is 15.5 Å². The van der Waals surface area contributed by atoms with E-state index in [1.54, 1.807) is 12.1 Å². The lowest BCUT2D eigenvalue weighted by Gasteiger charge is -2.36. The van der Waals surface area contributed by atoms with Crippen LogP contribution in [0.25, 0.3) is 0 Å². The van der Waals surface area contributed by atoms with Crippen molar-refractivity contribution in [2.24, 2.45) is 0 Å². The molecule has 0 aliphatic carbocycles. The Bertz CT molecular complexity index is 1260. The molecule has 0 aromatic heterocycles. The molecule has 1 fully saturated rings. The van der Waals surface area contributed by atoms with E-state index in [0.29, 0.717) is 29.4 Å². The van der Waals surface area contributed by atoms with Gasteiger partial charge in [0.05, 0.1) is 12.1 Å². The average Bonchev–Trinajstić information content (AvgIpc) is 2.89. The van der Waals surface area contributed by atoms with Crippen LogP contribution in [0.4, 0.5) is 11.4 Å². The van der Waals surface area contributed by atoms with Crippen LogP contribution in [0, 0.1) is 6.92 Å². The van der Waals surface area contributed by atoms with Crippen molar-refractivity contribution in [1.82, 2.24) is 10.2 Å². The Morgan fingerprint density at radius 3 is 2.17 bits per heavy atom. The van der Waals surface area contributed by atoms with E-state index in [9.17, 15) is 9.59 Å². The number of nitrogens with zero attached hydrogens (tertiary/aromatic N) is 2. The van der Waals surface area contributed by atoms with Crippen molar-refractivity contribution in [3.63, 3.8) is 0 Å². The van der Waals surface area contributed by atoms with Gasteiger partial charge >= 0.3 is 0 Å². The van der Waals surface area contributed by atoms with Crippen molar-refractivity contribution in [3.05, 3.63) is 88.4 Å². The first kappa shape index (κ1) is 25.5. The van der Waals surface area contributed by atoms with Gasteiger partial charge in [0.25, 0.3) is 11.8 Å². The summed E-state index contributed by atoms with van der Waals surface area (Å²) in [6.07, 6.45) is 0. The number of nitrogens with one attached hydrogen (secondary N) is 2. The van der Waals surface area contributed by atoms with Crippen LogP contribution in [0.1, 0.15) is 26.3 Å². The third kappa shape index (κ3) is 6.13. The maximum absolute atomic E-state index is 12.8. The zero-order valence-corrected chi connectivity index (χ0v) is 21.7. The van der Waals surface area contributed by atoms with E-state index in [0.717, 1.165) is 35.6 Å². The monoisotopic (exact) mass is 522 g/mol. The molecule has 36 heavy (non-hydrogen) atoms. The number of benzene rings is 3. The van der Waals surface area contributed by atoms with Crippen LogP contribution in [0.15, 0.2) is 66.7 Å². The van der Waals surface area contributed by atoms with Gasteiger partial charge in [0.15, 0.2) is 5.11 Å². The number of methoxy groups -OCH3 is 1. The van der Waals surface area contributed by atoms with Crippen molar-refractivity contribution in [1.29, 1.82) is 0 Å². The standard InChI is InChI=1S/C27H27ClN4O3S/c1-18-3-5-19(6-4-18)26(34)32-15-13-31(14-16-32)22-10-8-21(9-11-22)29-27(36)30-25(33)20-7-12-24(35-2)23(28)17-20/h3-12,17H,13-16H2,1-2H3,(H2,29,30,33,36). The fourth-order valence-corrected chi connectivity index (χ4v) is 4.42. The normalized spacial score (nSPS) is 13.2. The lowest BCUT2D eigenvalue weighted by molar-refractivity contribution is 0.0746. The minimum absolute atomic E-state index is 0.0710. The Labute approximate surface area is 221 Å². The van der Waals surface area contributed by atoms with Crippen molar-refractivity contribution in [3.8, 4) is 5.75 Å². The second kappa shape index (κ2) is 11.4. The molecular weight excluding hydrogens is 496 g/mol. The molecule has 2 amide bonds. The molecular formula is C27H27ClN4O3S. The summed E-state index contributed by atoms with van der Waals surface area (Å²) < 4.78 is 5.11. The van der Waals surface area contributed by atoms with E-state index in [1.807, 2.05) is 60.4 Å². The maximum Gasteiger partial charge on any atom is 0.257 e. The van der Waals surface area contributed by atoms with E-state index in [1.165, 1.54) is 13.2 Å². The molecule has 0 spiro atoms. The van der Waals surface area contributed by atoms with Crippen molar-refractivity contribution in [2.45, 2.75) is 6.92 Å². The third-order valence-electron chi connectivity index (χ3n) is 6.00. The molecule has 0 atom stereocenters. The number of carbonyl (C=O) groups excluding carboxylic acids is 2. The van der Waals surface area contributed by atoms with E-state index in [-0.39, 0.29) is 16.9 Å². The van der Waals surface area contributed by atoms with Gasteiger partial charge in [0.1, 0.15) is 5.75 Å². The highest BCUT2D eigenvalue weighted by atomic mass is 35.5. The van der Waals surface area contributed by atoms with Crippen LogP contribution >= 0.6 is 23.8 Å². The van der Waals surface area contributed by atoms with E-state index < -0.39 is 0 Å². The number of anilines is 2. The largest absolute Gasteiger partial charge is 0.495 e. The zero-order chi connectivity index (χ0) is 25.7. The Kier molecular flexibility index (Phi) is 8.07. The van der Waals surface area contributed by atoms with Gasteiger partial charge in [-0.15, -0.1) is 0 Å². The Balaban J connectivity index is 1.28. The molecule has 7 nitrogen and oxygen atoms in total. The van der Waals surface area contributed by atoms with Gasteiger partial charge in [-0.05, 0) is 73.7 Å². The molecule has 0 bridgehead atoms. The van der Waals surface area contributed by atoms with Gasteiger partial charge < -0.3 is 19.9 Å². The summed E-state index contributed by atoms with van der Waals surface area (Å²) in [6, 6.07) is 20.3. The highest BCUT2D eigenvalue weighted by molar-refractivity contribution is 7.80. The number of hydrogen-bond acceptors (Lipinski definition) is 5. The predicted molar refractivity (Wildman–Crippen MR) is 147 cm³/mol. The van der Waals surface area contributed by atoms with Crippen LogP contribution in [0.3, 0.4) is 0 Å². The Morgan fingerprint density at radius 1 is 0.917 bits per heavy atom. The molecule has 1 heterocycles. The van der Waals surface area contributed by atoms with Crippen LogP contribution in [-0.2, 0) is 0 Å². The van der Waals surface area contributed by atoms with Gasteiger partial charge in [-0.3, -0.25) is 14.9 Å².